The summed E-state index contributed by atoms with van der Waals surface area (Å²) in [4.78, 5) is 0. The van der Waals surface area contributed by atoms with E-state index in [2.05, 4.69) is 50.8 Å². The first-order valence-electron chi connectivity index (χ1n) is 36.3. The summed E-state index contributed by atoms with van der Waals surface area (Å²) in [5, 5.41) is 14.1. The van der Waals surface area contributed by atoms with Gasteiger partial charge in [0, 0.05) is 0 Å². The summed E-state index contributed by atoms with van der Waals surface area (Å²) < 4.78 is 0. The molecule has 0 aromatic rings. The molecule has 77 heavy (non-hydrogen) atoms. The molecular formula is C72H150ClN3Ti. The van der Waals surface area contributed by atoms with Crippen molar-refractivity contribution in [2.24, 2.45) is 0 Å². The van der Waals surface area contributed by atoms with Gasteiger partial charge >= 0.3 is 28.7 Å². The first-order valence-corrected chi connectivity index (χ1v) is 38.5. The Balaban J connectivity index is -0.000000510. The Morgan fingerprint density at radius 3 is 0.312 bits per heavy atom. The van der Waals surface area contributed by atoms with Crippen molar-refractivity contribution >= 4 is 9.30 Å². The molecule has 5 heteroatoms. The molecule has 0 atom stereocenters. The van der Waals surface area contributed by atoms with E-state index in [9.17, 15) is 0 Å². The van der Waals surface area contributed by atoms with Crippen molar-refractivity contribution < 1.29 is 19.4 Å². The second-order valence-corrected chi connectivity index (χ2v) is 24.1. The van der Waals surface area contributed by atoms with E-state index in [1.807, 2.05) is 0 Å². The van der Waals surface area contributed by atoms with Crippen LogP contribution in [0.25, 0.3) is 16.0 Å². The SMILES string of the molecule is CCCCCCCCCCCC[N-]CCCCCCCCCCCC.CCCCCCCCCCCC[N-]CCCCCCCCCCCC.CCCCCCCCCCCC[N-]CCCCCCCCCCCC.[Cl][Ti+3]. The second kappa shape index (κ2) is 90.7. The molecule has 0 rings (SSSR count). The van der Waals surface area contributed by atoms with Crippen molar-refractivity contribution in [3.8, 4) is 0 Å². The first-order chi connectivity index (χ1) is 38.2. The molecule has 0 bridgehead atoms. The summed E-state index contributed by atoms with van der Waals surface area (Å²) in [5.41, 5.74) is 0. The van der Waals surface area contributed by atoms with Crippen LogP contribution >= 0.6 is 9.30 Å². The van der Waals surface area contributed by atoms with Crippen molar-refractivity contribution in [2.75, 3.05) is 39.3 Å². The van der Waals surface area contributed by atoms with Crippen LogP contribution in [0.3, 0.4) is 0 Å². The number of unbranched alkanes of at least 4 members (excludes halogenated alkanes) is 54. The molecule has 0 heterocycles. The van der Waals surface area contributed by atoms with Crippen LogP contribution in [0, 0.1) is 0 Å². The number of hydrogen-bond acceptors (Lipinski definition) is 0. The normalized spacial score (nSPS) is 11.1. The van der Waals surface area contributed by atoms with Gasteiger partial charge < -0.3 is 16.0 Å². The van der Waals surface area contributed by atoms with Gasteiger partial charge in [0.2, 0.25) is 0 Å². The van der Waals surface area contributed by atoms with Crippen LogP contribution in [0.2, 0.25) is 0 Å². The topological polar surface area (TPSA) is 42.3 Å². The summed E-state index contributed by atoms with van der Waals surface area (Å²) in [6, 6.07) is 0. The molecule has 0 aliphatic carbocycles. The predicted molar refractivity (Wildman–Crippen MR) is 356 cm³/mol. The van der Waals surface area contributed by atoms with Gasteiger partial charge in [0.25, 0.3) is 0 Å². The molecule has 0 N–H and O–H groups in total. The third-order valence-electron chi connectivity index (χ3n) is 16.0. The van der Waals surface area contributed by atoms with Crippen LogP contribution in [-0.4, -0.2) is 39.3 Å². The molecule has 3 nitrogen and oxygen atoms in total. The molecule has 0 spiro atoms. The Kier molecular flexibility index (Phi) is 99.3. The number of rotatable bonds is 66. The van der Waals surface area contributed by atoms with Gasteiger partial charge in [-0.15, -0.1) is 39.3 Å². The third kappa shape index (κ3) is 96.4. The van der Waals surface area contributed by atoms with E-state index in [0.29, 0.717) is 0 Å². The number of halogens is 1. The third-order valence-corrected chi connectivity index (χ3v) is 16.0. The zero-order valence-electron chi connectivity index (χ0n) is 54.9. The van der Waals surface area contributed by atoms with E-state index in [4.69, 9.17) is 16.0 Å². The Hall–Kier alpha value is 0.884. The van der Waals surface area contributed by atoms with Crippen LogP contribution in [0.1, 0.15) is 427 Å². The molecule has 0 aromatic carbocycles. The summed E-state index contributed by atoms with van der Waals surface area (Å²) >= 11 is 1.47. The number of nitrogens with zero attached hydrogens (tertiary/aromatic N) is 3. The van der Waals surface area contributed by atoms with Crippen LogP contribution < -0.4 is 0 Å². The van der Waals surface area contributed by atoms with Crippen LogP contribution in [0.4, 0.5) is 0 Å². The quantitative estimate of drug-likeness (QED) is 0.0430. The maximum absolute atomic E-state index is 4.71. The van der Waals surface area contributed by atoms with E-state index in [0.717, 1.165) is 39.3 Å². The van der Waals surface area contributed by atoms with Crippen LogP contribution in [-0.2, 0) is 19.4 Å². The zero-order chi connectivity index (χ0) is 56.8. The Morgan fingerprint density at radius 1 is 0.143 bits per heavy atom. The maximum atomic E-state index is 4.71. The Morgan fingerprint density at radius 2 is 0.221 bits per heavy atom. The molecule has 464 valence electrons. The summed E-state index contributed by atoms with van der Waals surface area (Å²) in [7, 11) is 4.64. The average Bonchev–Trinajstić information content (AvgIpc) is 3.45. The Labute approximate surface area is 507 Å². The molecule has 0 amide bonds. The van der Waals surface area contributed by atoms with Gasteiger partial charge in [0.05, 0.1) is 0 Å². The van der Waals surface area contributed by atoms with Crippen LogP contribution in [0.5, 0.6) is 0 Å². The molecule has 0 radical (unpaired) electrons. The molecule has 0 unspecified atom stereocenters. The molecular weight excluding hydrogens is 990 g/mol. The van der Waals surface area contributed by atoms with Gasteiger partial charge in [-0.05, 0) is 0 Å². The minimum atomic E-state index is 1.12. The van der Waals surface area contributed by atoms with E-state index in [1.165, 1.54) is 405 Å². The van der Waals surface area contributed by atoms with Crippen molar-refractivity contribution in [1.29, 1.82) is 0 Å². The minimum absolute atomic E-state index is 1.12. The van der Waals surface area contributed by atoms with Gasteiger partial charge in [0.1, 0.15) is 0 Å². The van der Waals surface area contributed by atoms with Gasteiger partial charge in [-0.3, -0.25) is 0 Å². The van der Waals surface area contributed by atoms with Crippen LogP contribution in [0.15, 0.2) is 0 Å². The fraction of sp³-hybridized carbons (Fsp3) is 1.00. The molecule has 0 fully saturated rings. The number of hydrogen-bond donors (Lipinski definition) is 0. The Bertz CT molecular complexity index is 701. The molecule has 0 aromatic heterocycles. The average molecular weight is 1140 g/mol. The standard InChI is InChI=1S/3C24H50N.ClH.Ti/c3*1-3-5-7-9-11-13-15-17-19-21-23-25-24-22-20-18-16-14-12-10-8-6-4-2;;/h3*3-24H2,1-2H3;1H;/q3*-1;;+4/p-1. The van der Waals surface area contributed by atoms with Gasteiger partial charge in [-0.2, -0.15) is 0 Å². The predicted octanol–water partition coefficient (Wildman–Crippen LogP) is 28.3. The van der Waals surface area contributed by atoms with Gasteiger partial charge in [-0.1, -0.05) is 427 Å². The van der Waals surface area contributed by atoms with Crippen molar-refractivity contribution in [3.63, 3.8) is 0 Å². The molecule has 0 saturated carbocycles. The van der Waals surface area contributed by atoms with Crippen molar-refractivity contribution in [2.45, 2.75) is 427 Å². The van der Waals surface area contributed by atoms with Gasteiger partial charge in [0.15, 0.2) is 0 Å². The van der Waals surface area contributed by atoms with Crippen molar-refractivity contribution in [3.05, 3.63) is 16.0 Å². The van der Waals surface area contributed by atoms with E-state index in [1.54, 1.807) is 0 Å². The molecule has 0 saturated heterocycles. The summed E-state index contributed by atoms with van der Waals surface area (Å²) in [6.45, 7) is 20.5. The molecule has 0 aliphatic rings. The van der Waals surface area contributed by atoms with E-state index in [-0.39, 0.29) is 0 Å². The second-order valence-electron chi connectivity index (χ2n) is 24.1. The van der Waals surface area contributed by atoms with E-state index >= 15 is 0 Å². The summed E-state index contributed by atoms with van der Waals surface area (Å²) in [5.74, 6) is 0. The molecule has 0 aliphatic heterocycles. The summed E-state index contributed by atoms with van der Waals surface area (Å²) in [6.07, 6.45) is 85.4. The van der Waals surface area contributed by atoms with E-state index < -0.39 is 0 Å². The fourth-order valence-corrected chi connectivity index (χ4v) is 10.6. The zero-order valence-corrected chi connectivity index (χ0v) is 57.2. The van der Waals surface area contributed by atoms with Gasteiger partial charge in [-0.25, -0.2) is 0 Å². The monoisotopic (exact) mass is 1140 g/mol. The fourth-order valence-electron chi connectivity index (χ4n) is 10.6. The first kappa shape index (κ1) is 84.3. The van der Waals surface area contributed by atoms with Crippen molar-refractivity contribution in [1.82, 2.24) is 0 Å².